The maximum Gasteiger partial charge on any atom is 0.243 e. The Morgan fingerprint density at radius 2 is 2.10 bits per heavy atom. The van der Waals surface area contributed by atoms with Gasteiger partial charge in [-0.15, -0.1) is 0 Å². The summed E-state index contributed by atoms with van der Waals surface area (Å²) in [5.41, 5.74) is 6.37. The highest BCUT2D eigenvalue weighted by Gasteiger charge is 2.19. The summed E-state index contributed by atoms with van der Waals surface area (Å²) in [5, 5.41) is 2.80. The Hall–Kier alpha value is -1.59. The number of anilines is 1. The monoisotopic (exact) mass is 278 g/mol. The molecule has 1 aromatic carbocycles. The first-order valence-corrected chi connectivity index (χ1v) is 7.01. The molecule has 0 aromatic heterocycles. The molecule has 0 bridgehead atoms. The summed E-state index contributed by atoms with van der Waals surface area (Å²) in [4.78, 5) is 11.9. The Labute approximate surface area is 119 Å². The highest BCUT2D eigenvalue weighted by atomic mass is 16.5. The third kappa shape index (κ3) is 3.95. The molecule has 1 atom stereocenters. The van der Waals surface area contributed by atoms with Gasteiger partial charge in [0.1, 0.15) is 11.8 Å². The minimum Gasteiger partial charge on any atom is -0.488 e. The number of para-hydroxylation sites is 2. The Bertz CT molecular complexity index is 444. The van der Waals surface area contributed by atoms with Crippen molar-refractivity contribution in [3.05, 3.63) is 24.3 Å². The maximum absolute atomic E-state index is 11.9. The second-order valence-corrected chi connectivity index (χ2v) is 5.07. The molecule has 5 nitrogen and oxygen atoms in total. The molecule has 0 radical (unpaired) electrons. The largest absolute Gasteiger partial charge is 0.488 e. The smallest absolute Gasteiger partial charge is 0.243 e. The molecular formula is C15H22N2O3. The first kappa shape index (κ1) is 14.8. The fraction of sp³-hybridized carbons (Fsp3) is 0.533. The van der Waals surface area contributed by atoms with Crippen molar-refractivity contribution in [1.82, 2.24) is 0 Å². The fourth-order valence-corrected chi connectivity index (χ4v) is 2.34. The predicted octanol–water partition coefficient (Wildman–Crippen LogP) is 1.92. The Morgan fingerprint density at radius 3 is 2.80 bits per heavy atom. The number of hydrogen-bond donors (Lipinski definition) is 2. The van der Waals surface area contributed by atoms with Crippen molar-refractivity contribution in [3.8, 4) is 5.75 Å². The molecule has 1 aliphatic carbocycles. The van der Waals surface area contributed by atoms with E-state index in [1.165, 1.54) is 20.0 Å². The summed E-state index contributed by atoms with van der Waals surface area (Å²) in [7, 11) is 1.52. The molecule has 1 unspecified atom stereocenters. The normalized spacial score (nSPS) is 16.9. The summed E-state index contributed by atoms with van der Waals surface area (Å²) in [6.07, 6.45) is 4.81. The molecule has 1 fully saturated rings. The van der Waals surface area contributed by atoms with Crippen molar-refractivity contribution in [2.24, 2.45) is 5.73 Å². The first-order chi connectivity index (χ1) is 9.70. The summed E-state index contributed by atoms with van der Waals surface area (Å²) in [6.45, 7) is 0.192. The van der Waals surface area contributed by atoms with Crippen molar-refractivity contribution >= 4 is 11.6 Å². The lowest BCUT2D eigenvalue weighted by Crippen LogP contribution is -2.39. The lowest BCUT2D eigenvalue weighted by atomic mass is 10.2. The van der Waals surface area contributed by atoms with Gasteiger partial charge in [0.25, 0.3) is 0 Å². The van der Waals surface area contributed by atoms with Crippen LogP contribution in [0.4, 0.5) is 5.69 Å². The Kier molecular flexibility index (Phi) is 5.38. The quantitative estimate of drug-likeness (QED) is 0.833. The SMILES string of the molecule is COCC(N)C(=O)Nc1ccccc1OC1CCCC1. The van der Waals surface area contributed by atoms with Crippen molar-refractivity contribution in [2.45, 2.75) is 37.8 Å². The van der Waals surface area contributed by atoms with Crippen LogP contribution in [0.25, 0.3) is 0 Å². The number of nitrogens with one attached hydrogen (secondary N) is 1. The summed E-state index contributed by atoms with van der Waals surface area (Å²) in [6, 6.07) is 6.77. The van der Waals surface area contributed by atoms with Gasteiger partial charge in [0.15, 0.2) is 0 Å². The van der Waals surface area contributed by atoms with E-state index in [1.807, 2.05) is 24.3 Å². The summed E-state index contributed by atoms with van der Waals surface area (Å²) < 4.78 is 10.8. The molecule has 20 heavy (non-hydrogen) atoms. The van der Waals surface area contributed by atoms with Crippen molar-refractivity contribution in [1.29, 1.82) is 0 Å². The zero-order valence-corrected chi connectivity index (χ0v) is 11.8. The molecule has 1 saturated carbocycles. The lowest BCUT2D eigenvalue weighted by molar-refractivity contribution is -0.118. The van der Waals surface area contributed by atoms with Crippen molar-refractivity contribution in [2.75, 3.05) is 19.0 Å². The van der Waals surface area contributed by atoms with Crippen LogP contribution >= 0.6 is 0 Å². The van der Waals surface area contributed by atoms with Crippen LogP contribution in [0.5, 0.6) is 5.75 Å². The molecule has 0 spiro atoms. The Morgan fingerprint density at radius 1 is 1.40 bits per heavy atom. The molecule has 3 N–H and O–H groups in total. The molecule has 2 rings (SSSR count). The van der Waals surface area contributed by atoms with E-state index in [9.17, 15) is 4.79 Å². The van der Waals surface area contributed by atoms with E-state index in [-0.39, 0.29) is 18.6 Å². The Balaban J connectivity index is 2.01. The number of benzene rings is 1. The lowest BCUT2D eigenvalue weighted by Gasteiger charge is -2.18. The van der Waals surface area contributed by atoms with E-state index in [1.54, 1.807) is 0 Å². The van der Waals surface area contributed by atoms with E-state index in [0.29, 0.717) is 11.4 Å². The zero-order valence-electron chi connectivity index (χ0n) is 11.8. The van der Waals surface area contributed by atoms with Gasteiger partial charge in [-0.2, -0.15) is 0 Å². The third-order valence-corrected chi connectivity index (χ3v) is 3.42. The molecule has 110 valence electrons. The number of amides is 1. The minimum atomic E-state index is -0.681. The molecule has 0 aliphatic heterocycles. The number of methoxy groups -OCH3 is 1. The van der Waals surface area contributed by atoms with E-state index in [0.717, 1.165) is 12.8 Å². The van der Waals surface area contributed by atoms with Gasteiger partial charge in [0, 0.05) is 7.11 Å². The number of carbonyl (C=O) groups excluding carboxylic acids is 1. The highest BCUT2D eigenvalue weighted by molar-refractivity contribution is 5.96. The molecule has 0 saturated heterocycles. The van der Waals surface area contributed by atoms with Gasteiger partial charge in [0.2, 0.25) is 5.91 Å². The van der Waals surface area contributed by atoms with Crippen LogP contribution in [-0.2, 0) is 9.53 Å². The average Bonchev–Trinajstić information content (AvgIpc) is 2.94. The second kappa shape index (κ2) is 7.26. The molecule has 1 aliphatic rings. The predicted molar refractivity (Wildman–Crippen MR) is 77.8 cm³/mol. The molecule has 1 aromatic rings. The number of hydrogen-bond acceptors (Lipinski definition) is 4. The van der Waals surface area contributed by atoms with Gasteiger partial charge < -0.3 is 20.5 Å². The van der Waals surface area contributed by atoms with Crippen LogP contribution < -0.4 is 15.8 Å². The van der Waals surface area contributed by atoms with Gasteiger partial charge in [-0.05, 0) is 37.8 Å². The molecule has 5 heteroatoms. The number of carbonyl (C=O) groups is 1. The van der Waals surface area contributed by atoms with E-state index >= 15 is 0 Å². The average molecular weight is 278 g/mol. The van der Waals surface area contributed by atoms with E-state index < -0.39 is 6.04 Å². The van der Waals surface area contributed by atoms with Crippen molar-refractivity contribution < 1.29 is 14.3 Å². The van der Waals surface area contributed by atoms with Crippen LogP contribution in [0.3, 0.4) is 0 Å². The number of rotatable bonds is 6. The van der Waals surface area contributed by atoms with Crippen molar-refractivity contribution in [3.63, 3.8) is 0 Å². The maximum atomic E-state index is 11.9. The number of ether oxygens (including phenoxy) is 2. The van der Waals surface area contributed by atoms with Crippen LogP contribution in [0.2, 0.25) is 0 Å². The zero-order chi connectivity index (χ0) is 14.4. The third-order valence-electron chi connectivity index (χ3n) is 3.42. The molecule has 0 heterocycles. The van der Waals surface area contributed by atoms with Crippen LogP contribution in [0, 0.1) is 0 Å². The summed E-state index contributed by atoms with van der Waals surface area (Å²) >= 11 is 0. The van der Waals surface area contributed by atoms with Gasteiger partial charge in [0.05, 0.1) is 18.4 Å². The number of nitrogens with two attached hydrogens (primary N) is 1. The molecule has 1 amide bonds. The fourth-order valence-electron chi connectivity index (χ4n) is 2.34. The standard InChI is InChI=1S/C15H22N2O3/c1-19-10-12(16)15(18)17-13-8-4-5-9-14(13)20-11-6-2-3-7-11/h4-5,8-9,11-12H,2-3,6-7,10,16H2,1H3,(H,17,18). The van der Waals surface area contributed by atoms with Gasteiger partial charge >= 0.3 is 0 Å². The van der Waals surface area contributed by atoms with Crippen LogP contribution in [0.15, 0.2) is 24.3 Å². The summed E-state index contributed by atoms with van der Waals surface area (Å²) in [5.74, 6) is 0.437. The van der Waals surface area contributed by atoms with Crippen LogP contribution in [0.1, 0.15) is 25.7 Å². The van der Waals surface area contributed by atoms with Gasteiger partial charge in [-0.1, -0.05) is 12.1 Å². The highest BCUT2D eigenvalue weighted by Crippen LogP contribution is 2.29. The van der Waals surface area contributed by atoms with E-state index in [4.69, 9.17) is 15.2 Å². The van der Waals surface area contributed by atoms with E-state index in [2.05, 4.69) is 5.32 Å². The van der Waals surface area contributed by atoms with Gasteiger partial charge in [-0.3, -0.25) is 4.79 Å². The first-order valence-electron chi connectivity index (χ1n) is 7.01. The van der Waals surface area contributed by atoms with Gasteiger partial charge in [-0.25, -0.2) is 0 Å². The molecular weight excluding hydrogens is 256 g/mol. The van der Waals surface area contributed by atoms with Crippen LogP contribution in [-0.4, -0.2) is 31.8 Å². The second-order valence-electron chi connectivity index (χ2n) is 5.07. The minimum absolute atomic E-state index is 0.192. The topological polar surface area (TPSA) is 73.6 Å².